The maximum Gasteiger partial charge on any atom is 0.407 e. The predicted molar refractivity (Wildman–Crippen MR) is 101 cm³/mol. The highest BCUT2D eigenvalue weighted by Gasteiger charge is 2.15. The molecule has 0 heterocycles. The van der Waals surface area contributed by atoms with E-state index in [0.717, 1.165) is 11.3 Å². The zero-order valence-electron chi connectivity index (χ0n) is 14.5. The summed E-state index contributed by atoms with van der Waals surface area (Å²) in [5.41, 5.74) is 1.83. The molecule has 4 nitrogen and oxygen atoms in total. The minimum Gasteiger partial charge on any atom is -0.444 e. The van der Waals surface area contributed by atoms with Gasteiger partial charge >= 0.3 is 6.09 Å². The number of hydrogen-bond donors (Lipinski definition) is 2. The van der Waals surface area contributed by atoms with Gasteiger partial charge in [-0.2, -0.15) is 0 Å². The molecule has 0 fully saturated rings. The molecule has 6 heteroatoms. The van der Waals surface area contributed by atoms with Gasteiger partial charge in [-0.1, -0.05) is 34.1 Å². The number of anilines is 1. The second-order valence-electron chi connectivity index (χ2n) is 6.65. The Morgan fingerprint density at radius 2 is 1.92 bits per heavy atom. The number of hydrogen-bond acceptors (Lipinski definition) is 3. The Morgan fingerprint density at radius 1 is 1.16 bits per heavy atom. The minimum absolute atomic E-state index is 0.260. The van der Waals surface area contributed by atoms with Gasteiger partial charge in [-0.3, -0.25) is 0 Å². The van der Waals surface area contributed by atoms with Crippen LogP contribution in [0.25, 0.3) is 0 Å². The fraction of sp³-hybridized carbons (Fsp3) is 0.316. The third-order valence-corrected chi connectivity index (χ3v) is 3.75. The lowest BCUT2D eigenvalue weighted by molar-refractivity contribution is 0.0523. The first-order valence-electron chi connectivity index (χ1n) is 7.96. The highest BCUT2D eigenvalue weighted by atomic mass is 79.9. The molecule has 0 bridgehead atoms. The minimum atomic E-state index is -0.526. The van der Waals surface area contributed by atoms with Gasteiger partial charge in [0.15, 0.2) is 0 Å². The second kappa shape index (κ2) is 8.34. The van der Waals surface area contributed by atoms with Crippen molar-refractivity contribution in [3.8, 4) is 0 Å². The smallest absolute Gasteiger partial charge is 0.407 e. The van der Waals surface area contributed by atoms with Crippen molar-refractivity contribution in [2.24, 2.45) is 0 Å². The molecule has 0 unspecified atom stereocenters. The van der Waals surface area contributed by atoms with Crippen molar-refractivity contribution in [3.05, 3.63) is 63.9 Å². The summed E-state index contributed by atoms with van der Waals surface area (Å²) in [5, 5.41) is 5.91. The molecular weight excluding hydrogens is 387 g/mol. The molecule has 0 aliphatic heterocycles. The summed E-state index contributed by atoms with van der Waals surface area (Å²) in [4.78, 5) is 11.7. The van der Waals surface area contributed by atoms with E-state index in [-0.39, 0.29) is 5.82 Å². The van der Waals surface area contributed by atoms with Crippen LogP contribution in [-0.2, 0) is 17.8 Å². The van der Waals surface area contributed by atoms with Crippen molar-refractivity contribution in [1.82, 2.24) is 5.32 Å². The molecule has 0 saturated carbocycles. The summed E-state index contributed by atoms with van der Waals surface area (Å²) in [6, 6.07) is 12.6. The van der Waals surface area contributed by atoms with Crippen molar-refractivity contribution in [2.75, 3.05) is 5.32 Å². The van der Waals surface area contributed by atoms with Gasteiger partial charge in [-0.25, -0.2) is 9.18 Å². The van der Waals surface area contributed by atoms with Gasteiger partial charge in [-0.05, 0) is 50.6 Å². The molecule has 2 aromatic rings. The van der Waals surface area contributed by atoms with Gasteiger partial charge in [0, 0.05) is 28.8 Å². The zero-order valence-corrected chi connectivity index (χ0v) is 16.1. The molecule has 2 N–H and O–H groups in total. The van der Waals surface area contributed by atoms with E-state index in [2.05, 4.69) is 26.6 Å². The topological polar surface area (TPSA) is 50.4 Å². The maximum absolute atomic E-state index is 13.8. The Bertz CT molecular complexity index is 744. The van der Waals surface area contributed by atoms with Crippen molar-refractivity contribution in [3.63, 3.8) is 0 Å². The molecule has 0 atom stereocenters. The lowest BCUT2D eigenvalue weighted by Gasteiger charge is -2.19. The second-order valence-corrected chi connectivity index (χ2v) is 7.56. The molecule has 0 radical (unpaired) electrons. The van der Waals surface area contributed by atoms with Gasteiger partial charge in [0.1, 0.15) is 11.4 Å². The zero-order chi connectivity index (χ0) is 18.4. The van der Waals surface area contributed by atoms with Crippen LogP contribution in [0, 0.1) is 5.82 Å². The summed E-state index contributed by atoms with van der Waals surface area (Å²) in [7, 11) is 0. The summed E-state index contributed by atoms with van der Waals surface area (Å²) in [6.45, 7) is 6.19. The van der Waals surface area contributed by atoms with Crippen LogP contribution in [0.1, 0.15) is 31.9 Å². The summed E-state index contributed by atoms with van der Waals surface area (Å²) < 4.78 is 19.8. The number of rotatable bonds is 5. The molecular formula is C19H22BrFN2O2. The number of alkyl carbamates (subject to hydrolysis) is 1. The van der Waals surface area contributed by atoms with E-state index in [0.29, 0.717) is 23.1 Å². The van der Waals surface area contributed by atoms with Gasteiger partial charge in [-0.15, -0.1) is 0 Å². The molecule has 25 heavy (non-hydrogen) atoms. The van der Waals surface area contributed by atoms with E-state index in [9.17, 15) is 9.18 Å². The number of carbonyl (C=O) groups is 1. The van der Waals surface area contributed by atoms with Crippen molar-refractivity contribution >= 4 is 27.7 Å². The summed E-state index contributed by atoms with van der Waals surface area (Å²) in [5.74, 6) is -0.260. The Balaban J connectivity index is 1.91. The van der Waals surface area contributed by atoms with Crippen LogP contribution in [0.2, 0.25) is 0 Å². The fourth-order valence-corrected chi connectivity index (χ4v) is 2.48. The molecule has 134 valence electrons. The molecule has 2 aromatic carbocycles. The van der Waals surface area contributed by atoms with E-state index >= 15 is 0 Å². The average Bonchev–Trinajstić information content (AvgIpc) is 2.51. The SMILES string of the molecule is CC(C)(C)OC(=O)NCc1cccc(NCc2ccc(Br)cc2F)c1. The van der Waals surface area contributed by atoms with Crippen LogP contribution < -0.4 is 10.6 Å². The van der Waals surface area contributed by atoms with E-state index in [4.69, 9.17) is 4.74 Å². The number of amides is 1. The number of halogens is 2. The van der Waals surface area contributed by atoms with E-state index < -0.39 is 11.7 Å². The first-order chi connectivity index (χ1) is 11.7. The molecule has 0 spiro atoms. The number of carbonyl (C=O) groups excluding carboxylic acids is 1. The lowest BCUT2D eigenvalue weighted by atomic mass is 10.1. The Morgan fingerprint density at radius 3 is 2.60 bits per heavy atom. The van der Waals surface area contributed by atoms with Crippen molar-refractivity contribution < 1.29 is 13.9 Å². The van der Waals surface area contributed by atoms with Crippen LogP contribution in [0.4, 0.5) is 14.9 Å². The van der Waals surface area contributed by atoms with Gasteiger partial charge in [0.05, 0.1) is 0 Å². The highest BCUT2D eigenvalue weighted by Crippen LogP contribution is 2.17. The molecule has 1 amide bonds. The Kier molecular flexibility index (Phi) is 6.42. The molecule has 0 aliphatic rings. The predicted octanol–water partition coefficient (Wildman–Crippen LogP) is 5.23. The van der Waals surface area contributed by atoms with E-state index in [1.807, 2.05) is 45.0 Å². The maximum atomic E-state index is 13.8. The number of benzene rings is 2. The largest absolute Gasteiger partial charge is 0.444 e. The van der Waals surface area contributed by atoms with Gasteiger partial charge in [0.25, 0.3) is 0 Å². The van der Waals surface area contributed by atoms with Crippen LogP contribution in [0.5, 0.6) is 0 Å². The van der Waals surface area contributed by atoms with Crippen LogP contribution in [-0.4, -0.2) is 11.7 Å². The van der Waals surface area contributed by atoms with Crippen LogP contribution in [0.3, 0.4) is 0 Å². The summed E-state index contributed by atoms with van der Waals surface area (Å²) >= 11 is 3.24. The lowest BCUT2D eigenvalue weighted by Crippen LogP contribution is -2.32. The van der Waals surface area contributed by atoms with E-state index in [1.165, 1.54) is 6.07 Å². The van der Waals surface area contributed by atoms with Crippen molar-refractivity contribution in [1.29, 1.82) is 0 Å². The van der Waals surface area contributed by atoms with Crippen LogP contribution in [0.15, 0.2) is 46.9 Å². The van der Waals surface area contributed by atoms with E-state index in [1.54, 1.807) is 12.1 Å². The monoisotopic (exact) mass is 408 g/mol. The third-order valence-electron chi connectivity index (χ3n) is 3.26. The third kappa shape index (κ3) is 6.74. The molecule has 0 aliphatic carbocycles. The Hall–Kier alpha value is -2.08. The number of nitrogens with one attached hydrogen (secondary N) is 2. The number of ether oxygens (including phenoxy) is 1. The van der Waals surface area contributed by atoms with Crippen molar-refractivity contribution in [2.45, 2.75) is 39.5 Å². The van der Waals surface area contributed by atoms with Gasteiger partial charge < -0.3 is 15.4 Å². The van der Waals surface area contributed by atoms with Crippen LogP contribution >= 0.6 is 15.9 Å². The average molecular weight is 409 g/mol. The first-order valence-corrected chi connectivity index (χ1v) is 8.76. The Labute approximate surface area is 155 Å². The fourth-order valence-electron chi connectivity index (χ4n) is 2.14. The highest BCUT2D eigenvalue weighted by molar-refractivity contribution is 9.10. The van der Waals surface area contributed by atoms with Gasteiger partial charge in [0.2, 0.25) is 0 Å². The quantitative estimate of drug-likeness (QED) is 0.712. The first kappa shape index (κ1) is 19.2. The summed E-state index contributed by atoms with van der Waals surface area (Å²) in [6.07, 6.45) is -0.456. The standard InChI is InChI=1S/C19H22BrFN2O2/c1-19(2,3)25-18(24)23-11-13-5-4-6-16(9-13)22-12-14-7-8-15(20)10-17(14)21/h4-10,22H,11-12H2,1-3H3,(H,23,24). The molecule has 0 saturated heterocycles. The molecule has 0 aromatic heterocycles. The molecule has 2 rings (SSSR count). The normalized spacial score (nSPS) is 11.1.